The molecule has 2 aliphatic heterocycles. The van der Waals surface area contributed by atoms with Crippen molar-refractivity contribution in [3.05, 3.63) is 76.5 Å². The van der Waals surface area contributed by atoms with Gasteiger partial charge in [0.2, 0.25) is 0 Å². The average molecular weight is 416 g/mol. The number of carbonyl (C=O) groups excluding carboxylic acids is 3. The van der Waals surface area contributed by atoms with Gasteiger partial charge in [-0.2, -0.15) is 0 Å². The van der Waals surface area contributed by atoms with Gasteiger partial charge in [0.25, 0.3) is 17.7 Å². The number of anilines is 1. The van der Waals surface area contributed by atoms with E-state index in [1.807, 2.05) is 0 Å². The number of carbonyl (C=O) groups is 3. The van der Waals surface area contributed by atoms with Gasteiger partial charge >= 0.3 is 0 Å². The second kappa shape index (κ2) is 6.82. The molecule has 4 heterocycles. The van der Waals surface area contributed by atoms with Gasteiger partial charge in [0, 0.05) is 17.8 Å². The number of nitrogens with one attached hydrogen (secondary N) is 2. The van der Waals surface area contributed by atoms with Crippen molar-refractivity contribution in [2.45, 2.75) is 0 Å². The number of imide groups is 1. The molecule has 30 heavy (non-hydrogen) atoms. The van der Waals surface area contributed by atoms with Crippen molar-refractivity contribution in [3.63, 3.8) is 0 Å². The summed E-state index contributed by atoms with van der Waals surface area (Å²) in [5.41, 5.74) is 1.27. The minimum absolute atomic E-state index is 0.0611. The number of hydrogen-bond donors (Lipinski definition) is 2. The highest BCUT2D eigenvalue weighted by atomic mass is 32.2. The number of rotatable bonds is 3. The van der Waals surface area contributed by atoms with Crippen LogP contribution in [0.4, 0.5) is 5.82 Å². The van der Waals surface area contributed by atoms with E-state index < -0.39 is 11.8 Å². The maximum absolute atomic E-state index is 12.7. The van der Waals surface area contributed by atoms with Gasteiger partial charge in [-0.25, -0.2) is 9.88 Å². The van der Waals surface area contributed by atoms with Crippen molar-refractivity contribution in [1.82, 2.24) is 10.3 Å². The van der Waals surface area contributed by atoms with E-state index in [0.29, 0.717) is 38.9 Å². The number of nitrogens with zero attached hydrogens (tertiary/aromatic N) is 2. The number of thioether (sulfide) groups is 1. The highest BCUT2D eigenvalue weighted by molar-refractivity contribution is 8.19. The van der Waals surface area contributed by atoms with Crippen LogP contribution >= 0.6 is 11.8 Å². The zero-order valence-corrected chi connectivity index (χ0v) is 16.0. The number of furan rings is 1. The molecule has 0 unspecified atom stereocenters. The minimum atomic E-state index is -0.438. The maximum atomic E-state index is 12.7. The molecule has 0 saturated carbocycles. The summed E-state index contributed by atoms with van der Waals surface area (Å²) in [6.45, 7) is 0. The molecule has 3 amide bonds. The lowest BCUT2D eigenvalue weighted by molar-refractivity contribution is -0.113. The topological polar surface area (TPSA) is 116 Å². The number of fused-ring (bicyclic) bond motifs is 1. The predicted octanol–water partition coefficient (Wildman–Crippen LogP) is 3.28. The molecule has 3 aromatic rings. The molecule has 2 aliphatic rings. The van der Waals surface area contributed by atoms with Crippen LogP contribution in [0.25, 0.3) is 17.4 Å². The van der Waals surface area contributed by atoms with Crippen molar-refractivity contribution in [2.75, 3.05) is 4.90 Å². The molecule has 1 aromatic carbocycles. The van der Waals surface area contributed by atoms with Crippen molar-refractivity contribution in [1.29, 1.82) is 5.41 Å². The van der Waals surface area contributed by atoms with Crippen molar-refractivity contribution in [3.8, 4) is 11.3 Å². The number of benzene rings is 1. The molecule has 146 valence electrons. The Morgan fingerprint density at radius 2 is 1.87 bits per heavy atom. The van der Waals surface area contributed by atoms with E-state index in [-0.39, 0.29) is 11.1 Å². The average Bonchev–Trinajstić information content (AvgIpc) is 3.40. The van der Waals surface area contributed by atoms with Crippen molar-refractivity contribution >= 4 is 46.5 Å². The van der Waals surface area contributed by atoms with Gasteiger partial charge in [0.05, 0.1) is 16.0 Å². The van der Waals surface area contributed by atoms with Gasteiger partial charge in [0.1, 0.15) is 17.3 Å². The molecule has 0 aliphatic carbocycles. The van der Waals surface area contributed by atoms with Gasteiger partial charge in [-0.05, 0) is 48.2 Å². The fraction of sp³-hybridized carbons (Fsp3) is 0. The van der Waals surface area contributed by atoms with Crippen LogP contribution in [0, 0.1) is 5.41 Å². The van der Waals surface area contributed by atoms with Crippen LogP contribution < -0.4 is 10.2 Å². The Morgan fingerprint density at radius 1 is 1.03 bits per heavy atom. The summed E-state index contributed by atoms with van der Waals surface area (Å²) in [4.78, 5) is 42.0. The molecule has 2 aromatic heterocycles. The van der Waals surface area contributed by atoms with Gasteiger partial charge in [-0.1, -0.05) is 12.1 Å². The fourth-order valence-corrected chi connectivity index (χ4v) is 4.05. The first-order valence-corrected chi connectivity index (χ1v) is 9.66. The first-order chi connectivity index (χ1) is 14.5. The normalized spacial score (nSPS) is 17.1. The largest absolute Gasteiger partial charge is 0.457 e. The molecule has 5 rings (SSSR count). The Bertz CT molecular complexity index is 1280. The third-order valence-corrected chi connectivity index (χ3v) is 5.51. The Labute approximate surface area is 174 Å². The van der Waals surface area contributed by atoms with E-state index >= 15 is 0 Å². The van der Waals surface area contributed by atoms with Crippen LogP contribution in [-0.2, 0) is 4.79 Å². The number of amidine groups is 1. The summed E-state index contributed by atoms with van der Waals surface area (Å²) in [6, 6.07) is 13.4. The van der Waals surface area contributed by atoms with E-state index in [0.717, 1.165) is 11.8 Å². The number of aromatic nitrogens is 1. The monoisotopic (exact) mass is 416 g/mol. The first-order valence-electron chi connectivity index (χ1n) is 8.85. The van der Waals surface area contributed by atoms with E-state index in [1.165, 1.54) is 4.90 Å². The standard InChI is InChI=1S/C21H12N4O4S/c22-21-25(17-3-1-2-8-23-17)20(28)16(30-21)10-12-5-7-15(29-12)11-4-6-13-14(9-11)19(27)24-18(13)26/h1-10,22H,(H,24,26,27). The molecule has 9 heteroatoms. The molecular formula is C21H12N4O4S. The van der Waals surface area contributed by atoms with E-state index in [4.69, 9.17) is 9.83 Å². The highest BCUT2D eigenvalue weighted by Crippen LogP contribution is 2.35. The number of hydrogen-bond acceptors (Lipinski definition) is 7. The number of pyridine rings is 1. The lowest BCUT2D eigenvalue weighted by Gasteiger charge is -2.12. The molecule has 0 spiro atoms. The summed E-state index contributed by atoms with van der Waals surface area (Å²) in [6.07, 6.45) is 3.13. The predicted molar refractivity (Wildman–Crippen MR) is 111 cm³/mol. The lowest BCUT2D eigenvalue weighted by Crippen LogP contribution is -2.28. The number of amides is 3. The molecule has 1 saturated heterocycles. The molecule has 1 fully saturated rings. The Balaban J connectivity index is 1.43. The second-order valence-electron chi connectivity index (χ2n) is 6.49. The van der Waals surface area contributed by atoms with E-state index in [2.05, 4.69) is 10.3 Å². The molecular weight excluding hydrogens is 404 g/mol. The Morgan fingerprint density at radius 3 is 2.67 bits per heavy atom. The van der Waals surface area contributed by atoms with Crippen LogP contribution in [-0.4, -0.2) is 27.9 Å². The Kier molecular flexibility index (Phi) is 4.11. The minimum Gasteiger partial charge on any atom is -0.457 e. The highest BCUT2D eigenvalue weighted by Gasteiger charge is 2.34. The van der Waals surface area contributed by atoms with Gasteiger partial charge in [-0.15, -0.1) is 0 Å². The van der Waals surface area contributed by atoms with E-state index in [1.54, 1.807) is 60.8 Å². The first kappa shape index (κ1) is 18.1. The third kappa shape index (κ3) is 2.92. The fourth-order valence-electron chi connectivity index (χ4n) is 3.22. The summed E-state index contributed by atoms with van der Waals surface area (Å²) in [5.74, 6) is 0.0974. The third-order valence-electron chi connectivity index (χ3n) is 4.62. The zero-order chi connectivity index (χ0) is 20.8. The summed E-state index contributed by atoms with van der Waals surface area (Å²) < 4.78 is 5.81. The van der Waals surface area contributed by atoms with Gasteiger partial charge in [0.15, 0.2) is 5.17 Å². The molecule has 8 nitrogen and oxygen atoms in total. The van der Waals surface area contributed by atoms with Crippen LogP contribution in [0.2, 0.25) is 0 Å². The smallest absolute Gasteiger partial charge is 0.272 e. The lowest BCUT2D eigenvalue weighted by atomic mass is 10.0. The summed E-state index contributed by atoms with van der Waals surface area (Å²) >= 11 is 1.02. The summed E-state index contributed by atoms with van der Waals surface area (Å²) in [5, 5.41) is 10.4. The van der Waals surface area contributed by atoms with Crippen LogP contribution in [0.15, 0.2) is 64.1 Å². The Hall–Kier alpha value is -3.98. The maximum Gasteiger partial charge on any atom is 0.272 e. The molecule has 0 bridgehead atoms. The SMILES string of the molecule is N=C1SC(=Cc2ccc(-c3ccc4c(c3)C(=O)NC4=O)o2)C(=O)N1c1ccccn1. The zero-order valence-electron chi connectivity index (χ0n) is 15.2. The summed E-state index contributed by atoms with van der Waals surface area (Å²) in [7, 11) is 0. The van der Waals surface area contributed by atoms with Crippen LogP contribution in [0.1, 0.15) is 26.5 Å². The van der Waals surface area contributed by atoms with E-state index in [9.17, 15) is 14.4 Å². The molecule has 2 N–H and O–H groups in total. The van der Waals surface area contributed by atoms with Crippen molar-refractivity contribution in [2.24, 2.45) is 0 Å². The molecule has 0 atom stereocenters. The quantitative estimate of drug-likeness (QED) is 0.500. The molecule has 0 radical (unpaired) electrons. The van der Waals surface area contributed by atoms with Crippen LogP contribution in [0.5, 0.6) is 0 Å². The van der Waals surface area contributed by atoms with Gasteiger partial charge in [-0.3, -0.25) is 25.1 Å². The van der Waals surface area contributed by atoms with Crippen molar-refractivity contribution < 1.29 is 18.8 Å². The van der Waals surface area contributed by atoms with Crippen LogP contribution in [0.3, 0.4) is 0 Å². The second-order valence-corrected chi connectivity index (χ2v) is 7.52. The van der Waals surface area contributed by atoms with Gasteiger partial charge < -0.3 is 4.42 Å².